The molecule has 1 amide bonds. The Morgan fingerprint density at radius 2 is 1.84 bits per heavy atom. The second-order valence-electron chi connectivity index (χ2n) is 7.35. The number of carbonyl (C=O) groups excluding carboxylic acids is 1. The van der Waals surface area contributed by atoms with Gasteiger partial charge >= 0.3 is 0 Å². The smallest absolute Gasteiger partial charge is 0.269 e. The van der Waals surface area contributed by atoms with Crippen molar-refractivity contribution >= 4 is 27.2 Å². The zero-order chi connectivity index (χ0) is 22.2. The van der Waals surface area contributed by atoms with Gasteiger partial charge in [0, 0.05) is 17.7 Å². The predicted molar refractivity (Wildman–Crippen MR) is 115 cm³/mol. The van der Waals surface area contributed by atoms with Crippen LogP contribution < -0.4 is 5.32 Å². The van der Waals surface area contributed by atoms with Crippen LogP contribution in [0.4, 0.5) is 11.5 Å². The van der Waals surface area contributed by atoms with Gasteiger partial charge in [-0.2, -0.15) is 5.10 Å². The molecule has 0 radical (unpaired) electrons. The summed E-state index contributed by atoms with van der Waals surface area (Å²) in [6, 6.07) is 15.0. The van der Waals surface area contributed by atoms with Gasteiger partial charge in [0.15, 0.2) is 9.84 Å². The molecule has 0 bridgehead atoms. The van der Waals surface area contributed by atoms with Crippen LogP contribution in [0, 0.1) is 10.1 Å². The maximum Gasteiger partial charge on any atom is 0.269 e. The molecule has 10 heteroatoms. The van der Waals surface area contributed by atoms with E-state index in [1.165, 1.54) is 28.9 Å². The number of amides is 1. The lowest BCUT2D eigenvalue weighted by Crippen LogP contribution is -2.23. The molecule has 1 aliphatic heterocycles. The summed E-state index contributed by atoms with van der Waals surface area (Å²) in [6.07, 6.45) is 0.558. The molecule has 9 nitrogen and oxygen atoms in total. The number of anilines is 1. The van der Waals surface area contributed by atoms with E-state index >= 15 is 0 Å². The van der Waals surface area contributed by atoms with Gasteiger partial charge in [0.25, 0.3) is 5.69 Å². The van der Waals surface area contributed by atoms with E-state index in [4.69, 9.17) is 0 Å². The molecule has 1 aliphatic rings. The van der Waals surface area contributed by atoms with Crippen molar-refractivity contribution in [3.63, 3.8) is 0 Å². The van der Waals surface area contributed by atoms with Crippen LogP contribution in [-0.4, -0.2) is 29.0 Å². The highest BCUT2D eigenvalue weighted by atomic mass is 32.2. The Morgan fingerprint density at radius 3 is 2.45 bits per heavy atom. The second kappa shape index (κ2) is 7.95. The number of nitro groups is 1. The van der Waals surface area contributed by atoms with Crippen molar-refractivity contribution in [2.75, 3.05) is 5.32 Å². The molecule has 1 N–H and O–H groups in total. The Balaban J connectivity index is 1.73. The molecule has 2 heterocycles. The first-order valence-corrected chi connectivity index (χ1v) is 11.5. The summed E-state index contributed by atoms with van der Waals surface area (Å²) in [7, 11) is -3.33. The van der Waals surface area contributed by atoms with E-state index in [2.05, 4.69) is 10.4 Å². The fraction of sp³-hybridized carbons (Fsp3) is 0.238. The van der Waals surface area contributed by atoms with Crippen LogP contribution in [-0.2, 0) is 26.1 Å². The van der Waals surface area contributed by atoms with Gasteiger partial charge in [0.2, 0.25) is 5.91 Å². The van der Waals surface area contributed by atoms with Crippen LogP contribution in [0.3, 0.4) is 0 Å². The Hall–Kier alpha value is -3.53. The maximum absolute atomic E-state index is 13.1. The van der Waals surface area contributed by atoms with Crippen molar-refractivity contribution in [2.45, 2.75) is 30.8 Å². The molecule has 0 spiro atoms. The number of fused-ring (bicyclic) bond motifs is 1. The maximum atomic E-state index is 13.1. The first-order chi connectivity index (χ1) is 14.8. The number of hydrogen-bond donors (Lipinski definition) is 1. The van der Waals surface area contributed by atoms with Gasteiger partial charge in [0.1, 0.15) is 5.82 Å². The highest BCUT2D eigenvalue weighted by Crippen LogP contribution is 2.34. The molecule has 0 saturated heterocycles. The highest BCUT2D eigenvalue weighted by molar-refractivity contribution is 7.90. The van der Waals surface area contributed by atoms with Gasteiger partial charge in [-0.3, -0.25) is 14.9 Å². The van der Waals surface area contributed by atoms with E-state index in [1.807, 2.05) is 37.3 Å². The van der Waals surface area contributed by atoms with E-state index in [1.54, 1.807) is 0 Å². The summed E-state index contributed by atoms with van der Waals surface area (Å²) in [5.41, 5.74) is 2.09. The number of nitro benzene ring substituents is 1. The van der Waals surface area contributed by atoms with Crippen LogP contribution in [0.1, 0.15) is 36.1 Å². The van der Waals surface area contributed by atoms with Crippen LogP contribution in [0.2, 0.25) is 0 Å². The molecular weight excluding hydrogens is 420 g/mol. The largest absolute Gasteiger partial charge is 0.310 e. The van der Waals surface area contributed by atoms with Gasteiger partial charge in [-0.1, -0.05) is 37.3 Å². The van der Waals surface area contributed by atoms with E-state index < -0.39 is 20.7 Å². The summed E-state index contributed by atoms with van der Waals surface area (Å²) < 4.78 is 25.7. The van der Waals surface area contributed by atoms with Gasteiger partial charge in [-0.15, -0.1) is 0 Å². The fourth-order valence-electron chi connectivity index (χ4n) is 3.73. The molecule has 1 atom stereocenters. The summed E-state index contributed by atoms with van der Waals surface area (Å²) >= 11 is 0. The molecule has 160 valence electrons. The third-order valence-corrected chi connectivity index (χ3v) is 6.70. The number of aromatic nitrogens is 2. The number of benzene rings is 2. The van der Waals surface area contributed by atoms with Crippen LogP contribution >= 0.6 is 0 Å². The minimum atomic E-state index is -3.33. The number of hydrogen-bond acceptors (Lipinski definition) is 6. The number of sulfone groups is 1. The quantitative estimate of drug-likeness (QED) is 0.463. The van der Waals surface area contributed by atoms with Crippen molar-refractivity contribution < 1.29 is 18.1 Å². The van der Waals surface area contributed by atoms with Crippen molar-refractivity contribution in [3.8, 4) is 5.69 Å². The van der Waals surface area contributed by atoms with Crippen LogP contribution in [0.25, 0.3) is 5.69 Å². The van der Waals surface area contributed by atoms with E-state index in [9.17, 15) is 23.3 Å². The number of nitrogens with one attached hydrogen (secondary N) is 1. The van der Waals surface area contributed by atoms with E-state index in [-0.39, 0.29) is 28.9 Å². The topological polar surface area (TPSA) is 124 Å². The molecule has 0 aliphatic carbocycles. The number of carbonyl (C=O) groups is 1. The molecule has 1 unspecified atom stereocenters. The number of nitrogens with zero attached hydrogens (tertiary/aromatic N) is 3. The monoisotopic (exact) mass is 440 g/mol. The molecule has 3 aromatic rings. The number of non-ortho nitro benzene ring substituents is 1. The summed E-state index contributed by atoms with van der Waals surface area (Å²) in [6.45, 7) is 1.90. The molecule has 31 heavy (non-hydrogen) atoms. The standard InChI is InChI=1S/C21H20N4O5S/c1-2-17(14-6-4-3-5-7-14)21(26)22-20-18-12-31(29,30)13-19(18)23-24(20)15-8-10-16(11-9-15)25(27)28/h3-11,17H,2,12-13H2,1H3,(H,22,26). The lowest BCUT2D eigenvalue weighted by Gasteiger charge is -2.17. The summed E-state index contributed by atoms with van der Waals surface area (Å²) in [4.78, 5) is 23.6. The van der Waals surface area contributed by atoms with Crippen LogP contribution in [0.15, 0.2) is 54.6 Å². The second-order valence-corrected chi connectivity index (χ2v) is 9.42. The van der Waals surface area contributed by atoms with Crippen molar-refractivity contribution in [2.24, 2.45) is 0 Å². The molecular formula is C21H20N4O5S. The third kappa shape index (κ3) is 4.06. The summed E-state index contributed by atoms with van der Waals surface area (Å²) in [5, 5.41) is 18.2. The van der Waals surface area contributed by atoms with Crippen molar-refractivity contribution in [3.05, 3.63) is 81.5 Å². The highest BCUT2D eigenvalue weighted by Gasteiger charge is 2.34. The fourth-order valence-corrected chi connectivity index (χ4v) is 5.23. The normalized spacial score (nSPS) is 15.3. The van der Waals surface area contributed by atoms with Crippen LogP contribution in [0.5, 0.6) is 0 Å². The average molecular weight is 440 g/mol. The van der Waals surface area contributed by atoms with Gasteiger partial charge in [-0.05, 0) is 24.1 Å². The van der Waals surface area contributed by atoms with Gasteiger partial charge in [-0.25, -0.2) is 13.1 Å². The first-order valence-electron chi connectivity index (χ1n) is 9.71. The van der Waals surface area contributed by atoms with Crippen molar-refractivity contribution in [1.82, 2.24) is 9.78 Å². The zero-order valence-electron chi connectivity index (χ0n) is 16.7. The average Bonchev–Trinajstić information content (AvgIpc) is 3.22. The molecule has 1 aromatic heterocycles. The number of rotatable bonds is 6. The molecule has 0 fully saturated rings. The Kier molecular flexibility index (Phi) is 5.32. The minimum absolute atomic E-state index is 0.0771. The Bertz CT molecular complexity index is 1250. The third-order valence-electron chi connectivity index (χ3n) is 5.26. The Morgan fingerprint density at radius 1 is 1.16 bits per heavy atom. The lowest BCUT2D eigenvalue weighted by atomic mass is 9.95. The van der Waals surface area contributed by atoms with E-state index in [0.717, 1.165) is 5.56 Å². The minimum Gasteiger partial charge on any atom is -0.310 e. The van der Waals surface area contributed by atoms with E-state index in [0.29, 0.717) is 23.4 Å². The first kappa shape index (κ1) is 20.7. The molecule has 2 aromatic carbocycles. The zero-order valence-corrected chi connectivity index (χ0v) is 17.5. The van der Waals surface area contributed by atoms with Gasteiger partial charge in [0.05, 0.1) is 33.7 Å². The molecule has 4 rings (SSSR count). The SMILES string of the molecule is CCC(C(=O)Nc1c2c(nn1-c1ccc([N+](=O)[O-])cc1)CS(=O)(=O)C2)c1ccccc1. The lowest BCUT2D eigenvalue weighted by molar-refractivity contribution is -0.384. The van der Waals surface area contributed by atoms with Crippen molar-refractivity contribution in [1.29, 1.82) is 0 Å². The summed E-state index contributed by atoms with van der Waals surface area (Å²) in [5.74, 6) is -0.836. The Labute approximate surface area is 178 Å². The van der Waals surface area contributed by atoms with Gasteiger partial charge < -0.3 is 5.32 Å². The molecule has 0 saturated carbocycles. The predicted octanol–water partition coefficient (Wildman–Crippen LogP) is 3.34.